The van der Waals surface area contributed by atoms with E-state index in [-0.39, 0.29) is 0 Å². The van der Waals surface area contributed by atoms with Crippen molar-refractivity contribution in [2.45, 2.75) is 0 Å². The number of fused-ring (bicyclic) bond motifs is 3. The van der Waals surface area contributed by atoms with Crippen LogP contribution in [0.2, 0.25) is 0 Å². The Morgan fingerprint density at radius 3 is 1.13 bits per heavy atom. The first kappa shape index (κ1) is 37.7. The maximum atomic E-state index is 2.38. The van der Waals surface area contributed by atoms with Gasteiger partial charge in [-0.3, -0.25) is 0 Å². The SMILES string of the molecule is c1ccc(-c2ccc(N(c3ccc(-c4ccccc4-c4ccccc4)cc3)c3cccc(-c4cccc(-c5c(-c6ccccc6)c6ccccc6c6ccccc56)c4)c3)cc2)cc1. The minimum absolute atomic E-state index is 1.09. The van der Waals surface area contributed by atoms with Gasteiger partial charge in [-0.25, -0.2) is 0 Å². The first-order valence-electron chi connectivity index (χ1n) is 21.7. The summed E-state index contributed by atoms with van der Waals surface area (Å²) in [5, 5.41) is 5.04. The van der Waals surface area contributed by atoms with Crippen molar-refractivity contribution in [3.8, 4) is 66.8 Å². The molecule has 0 aromatic heterocycles. The van der Waals surface area contributed by atoms with Gasteiger partial charge in [-0.2, -0.15) is 0 Å². The molecule has 1 heteroatoms. The predicted octanol–water partition coefficient (Wildman–Crippen LogP) is 17.5. The Kier molecular flexibility index (Phi) is 9.97. The molecule has 0 amide bonds. The van der Waals surface area contributed by atoms with Crippen molar-refractivity contribution in [3.05, 3.63) is 261 Å². The standard InChI is InChI=1S/C62H43N/c1-4-18-44(19-5-1)45-34-38-52(39-35-45)63(53-40-36-47(37-41-53)56-29-11-10-28-55(56)46-20-6-2-7-21-46)54-27-17-25-50(43-54)49-24-16-26-51(42-49)62-60-33-15-13-31-58(60)57-30-12-14-32-59(57)61(62)48-22-8-3-9-23-48/h1-43H. The second kappa shape index (κ2) is 16.7. The Balaban J connectivity index is 1.03. The summed E-state index contributed by atoms with van der Waals surface area (Å²) in [7, 11) is 0. The zero-order valence-electron chi connectivity index (χ0n) is 34.8. The van der Waals surface area contributed by atoms with Crippen LogP contribution in [0.1, 0.15) is 0 Å². The third-order valence-corrected chi connectivity index (χ3v) is 12.3. The lowest BCUT2D eigenvalue weighted by atomic mass is 9.84. The first-order chi connectivity index (χ1) is 31.3. The van der Waals surface area contributed by atoms with E-state index in [2.05, 4.69) is 266 Å². The number of rotatable bonds is 9. The number of hydrogen-bond acceptors (Lipinski definition) is 1. The van der Waals surface area contributed by atoms with Gasteiger partial charge in [0.1, 0.15) is 0 Å². The van der Waals surface area contributed by atoms with Crippen molar-refractivity contribution >= 4 is 38.6 Å². The Bertz CT molecular complexity index is 3350. The van der Waals surface area contributed by atoms with Crippen molar-refractivity contribution in [1.82, 2.24) is 0 Å². The van der Waals surface area contributed by atoms with Crippen LogP contribution in [0.15, 0.2) is 261 Å². The summed E-state index contributed by atoms with van der Waals surface area (Å²) < 4.78 is 0. The molecule has 63 heavy (non-hydrogen) atoms. The largest absolute Gasteiger partial charge is 0.310 e. The molecule has 11 rings (SSSR count). The van der Waals surface area contributed by atoms with Crippen molar-refractivity contribution in [2.24, 2.45) is 0 Å². The molecule has 0 heterocycles. The van der Waals surface area contributed by atoms with Crippen LogP contribution in [0, 0.1) is 0 Å². The molecule has 0 aliphatic rings. The molecule has 11 aromatic rings. The van der Waals surface area contributed by atoms with Gasteiger partial charge in [-0.1, -0.05) is 218 Å². The molecular weight excluding hydrogens is 759 g/mol. The zero-order valence-corrected chi connectivity index (χ0v) is 34.8. The summed E-state index contributed by atoms with van der Waals surface area (Å²) >= 11 is 0. The maximum Gasteiger partial charge on any atom is 0.0467 e. The van der Waals surface area contributed by atoms with Crippen LogP contribution in [0.3, 0.4) is 0 Å². The van der Waals surface area contributed by atoms with E-state index in [1.807, 2.05) is 0 Å². The monoisotopic (exact) mass is 801 g/mol. The lowest BCUT2D eigenvalue weighted by molar-refractivity contribution is 1.28. The van der Waals surface area contributed by atoms with Crippen molar-refractivity contribution in [2.75, 3.05) is 4.90 Å². The fourth-order valence-corrected chi connectivity index (χ4v) is 9.30. The summed E-state index contributed by atoms with van der Waals surface area (Å²) in [5.41, 5.74) is 17.7. The molecule has 0 atom stereocenters. The summed E-state index contributed by atoms with van der Waals surface area (Å²) in [6.45, 7) is 0. The van der Waals surface area contributed by atoms with Gasteiger partial charge in [0.2, 0.25) is 0 Å². The molecule has 0 aliphatic carbocycles. The van der Waals surface area contributed by atoms with Gasteiger partial charge in [0.25, 0.3) is 0 Å². The molecule has 0 N–H and O–H groups in total. The molecule has 0 saturated carbocycles. The van der Waals surface area contributed by atoms with Gasteiger partial charge in [0.05, 0.1) is 0 Å². The molecule has 0 saturated heterocycles. The van der Waals surface area contributed by atoms with Crippen molar-refractivity contribution in [3.63, 3.8) is 0 Å². The quantitative estimate of drug-likeness (QED) is 0.131. The second-order valence-electron chi connectivity index (χ2n) is 16.0. The average molecular weight is 802 g/mol. The lowest BCUT2D eigenvalue weighted by Gasteiger charge is -2.26. The zero-order chi connectivity index (χ0) is 42.0. The Hall–Kier alpha value is -8.26. The van der Waals surface area contributed by atoms with Gasteiger partial charge in [-0.15, -0.1) is 0 Å². The molecule has 11 aromatic carbocycles. The van der Waals surface area contributed by atoms with E-state index < -0.39 is 0 Å². The van der Waals surface area contributed by atoms with Gasteiger partial charge in [-0.05, 0) is 131 Å². The van der Waals surface area contributed by atoms with Gasteiger partial charge in [0.15, 0.2) is 0 Å². The molecule has 0 fully saturated rings. The average Bonchev–Trinajstić information content (AvgIpc) is 3.37. The van der Waals surface area contributed by atoms with Crippen LogP contribution >= 0.6 is 0 Å². The van der Waals surface area contributed by atoms with Crippen molar-refractivity contribution < 1.29 is 0 Å². The van der Waals surface area contributed by atoms with Gasteiger partial charge in [0, 0.05) is 17.1 Å². The van der Waals surface area contributed by atoms with E-state index in [1.165, 1.54) is 77.2 Å². The molecule has 0 spiro atoms. The normalized spacial score (nSPS) is 11.2. The highest BCUT2D eigenvalue weighted by Crippen LogP contribution is 2.46. The fourth-order valence-electron chi connectivity index (χ4n) is 9.30. The first-order valence-corrected chi connectivity index (χ1v) is 21.7. The highest BCUT2D eigenvalue weighted by molar-refractivity contribution is 6.21. The molecule has 296 valence electrons. The second-order valence-corrected chi connectivity index (χ2v) is 16.0. The molecule has 1 nitrogen and oxygen atoms in total. The van der Waals surface area contributed by atoms with E-state index in [0.29, 0.717) is 0 Å². The van der Waals surface area contributed by atoms with Crippen LogP contribution in [0.4, 0.5) is 17.1 Å². The molecule has 0 bridgehead atoms. The van der Waals surface area contributed by atoms with Crippen LogP contribution < -0.4 is 4.90 Å². The number of hydrogen-bond donors (Lipinski definition) is 0. The van der Waals surface area contributed by atoms with Crippen LogP contribution in [0.5, 0.6) is 0 Å². The Labute approximate surface area is 369 Å². The number of anilines is 3. The Morgan fingerprint density at radius 2 is 0.556 bits per heavy atom. The Morgan fingerprint density at radius 1 is 0.190 bits per heavy atom. The van der Waals surface area contributed by atoms with E-state index in [9.17, 15) is 0 Å². The van der Waals surface area contributed by atoms with Crippen LogP contribution in [-0.2, 0) is 0 Å². The minimum atomic E-state index is 1.09. The smallest absolute Gasteiger partial charge is 0.0467 e. The van der Waals surface area contributed by atoms with Gasteiger partial charge < -0.3 is 4.90 Å². The molecule has 0 aliphatic heterocycles. The van der Waals surface area contributed by atoms with E-state index >= 15 is 0 Å². The van der Waals surface area contributed by atoms with Gasteiger partial charge >= 0.3 is 0 Å². The van der Waals surface area contributed by atoms with E-state index in [1.54, 1.807) is 0 Å². The highest BCUT2D eigenvalue weighted by Gasteiger charge is 2.19. The van der Waals surface area contributed by atoms with E-state index in [4.69, 9.17) is 0 Å². The highest BCUT2D eigenvalue weighted by atomic mass is 15.1. The fraction of sp³-hybridized carbons (Fsp3) is 0. The summed E-state index contributed by atoms with van der Waals surface area (Å²) in [6, 6.07) is 94.5. The molecular formula is C62H43N. The summed E-state index contributed by atoms with van der Waals surface area (Å²) in [5.74, 6) is 0. The lowest BCUT2D eigenvalue weighted by Crippen LogP contribution is -2.10. The minimum Gasteiger partial charge on any atom is -0.310 e. The van der Waals surface area contributed by atoms with Crippen LogP contribution in [0.25, 0.3) is 88.3 Å². The third-order valence-electron chi connectivity index (χ3n) is 12.3. The summed E-state index contributed by atoms with van der Waals surface area (Å²) in [6.07, 6.45) is 0. The summed E-state index contributed by atoms with van der Waals surface area (Å²) in [4.78, 5) is 2.37. The van der Waals surface area contributed by atoms with Crippen molar-refractivity contribution in [1.29, 1.82) is 0 Å². The topological polar surface area (TPSA) is 3.24 Å². The third kappa shape index (κ3) is 7.26. The predicted molar refractivity (Wildman–Crippen MR) is 269 cm³/mol. The molecule has 0 unspecified atom stereocenters. The number of benzene rings is 11. The van der Waals surface area contributed by atoms with Crippen LogP contribution in [-0.4, -0.2) is 0 Å². The molecule has 0 radical (unpaired) electrons. The van der Waals surface area contributed by atoms with E-state index in [0.717, 1.165) is 28.2 Å². The maximum absolute atomic E-state index is 2.38. The number of nitrogens with zero attached hydrogens (tertiary/aromatic N) is 1.